The van der Waals surface area contributed by atoms with Crippen LogP contribution in [0.15, 0.2) is 5.18 Å². The minimum Gasteiger partial charge on any atom is -0.341 e. The van der Waals surface area contributed by atoms with E-state index in [2.05, 4.69) is 32.9 Å². The molecule has 1 fully saturated rings. The number of nitrogens with zero attached hydrogens (tertiary/aromatic N) is 2. The lowest BCUT2D eigenvalue weighted by Gasteiger charge is -2.37. The zero-order valence-corrected chi connectivity index (χ0v) is 13.5. The van der Waals surface area contributed by atoms with Gasteiger partial charge in [0, 0.05) is 23.8 Å². The van der Waals surface area contributed by atoms with Crippen LogP contribution in [0.1, 0.15) is 41.0 Å². The van der Waals surface area contributed by atoms with Gasteiger partial charge in [0.25, 0.3) is 0 Å². The van der Waals surface area contributed by atoms with E-state index < -0.39 is 0 Å². The molecule has 0 radical (unpaired) electrons. The molecule has 110 valence electrons. The van der Waals surface area contributed by atoms with E-state index in [1.165, 1.54) is 0 Å². The van der Waals surface area contributed by atoms with Crippen molar-refractivity contribution in [3.8, 4) is 0 Å². The van der Waals surface area contributed by atoms with Crippen molar-refractivity contribution < 1.29 is 4.79 Å². The summed E-state index contributed by atoms with van der Waals surface area (Å²) in [5, 5.41) is 3.13. The van der Waals surface area contributed by atoms with Crippen molar-refractivity contribution >= 4 is 17.7 Å². The molecule has 0 aromatic rings. The zero-order chi connectivity index (χ0) is 14.6. The third-order valence-electron chi connectivity index (χ3n) is 3.52. The van der Waals surface area contributed by atoms with Gasteiger partial charge in [0.1, 0.15) is 0 Å². The second-order valence-electron chi connectivity index (χ2n) is 6.65. The molecule has 3 atom stereocenters. The Kier molecular flexibility index (Phi) is 5.83. The fraction of sp³-hybridized carbons (Fsp3) is 0.929. The average Bonchev–Trinajstić information content (AvgIpc) is 2.33. The second kappa shape index (κ2) is 6.73. The normalized spacial score (nSPS) is 26.1. The number of carbonyl (C=O) groups is 1. The lowest BCUT2D eigenvalue weighted by atomic mass is 9.86. The molecule has 0 saturated carbocycles. The number of hydrogen-bond acceptors (Lipinski definition) is 4. The first-order valence-corrected chi connectivity index (χ1v) is 7.95. The predicted octanol–water partition coefficient (Wildman–Crippen LogP) is 3.16. The fourth-order valence-corrected chi connectivity index (χ4v) is 3.15. The number of thioether (sulfide) groups is 1. The van der Waals surface area contributed by atoms with Crippen LogP contribution in [0.2, 0.25) is 0 Å². The van der Waals surface area contributed by atoms with Crippen LogP contribution in [0.3, 0.4) is 0 Å². The number of likely N-dealkylation sites (tertiary alicyclic amines) is 1. The molecule has 1 aliphatic heterocycles. The van der Waals surface area contributed by atoms with Crippen LogP contribution < -0.4 is 0 Å². The summed E-state index contributed by atoms with van der Waals surface area (Å²) < 4.78 is 0.105. The molecular formula is C14H26N2O2S. The Balaban J connectivity index is 2.56. The molecule has 0 aromatic heterocycles. The zero-order valence-electron chi connectivity index (χ0n) is 12.7. The van der Waals surface area contributed by atoms with Crippen molar-refractivity contribution in [3.05, 3.63) is 4.91 Å². The van der Waals surface area contributed by atoms with E-state index in [9.17, 15) is 9.70 Å². The highest BCUT2D eigenvalue weighted by Gasteiger charge is 2.31. The minimum atomic E-state index is -0.201. The van der Waals surface area contributed by atoms with Gasteiger partial charge in [-0.2, -0.15) is 4.91 Å². The molecule has 0 bridgehead atoms. The SMILES string of the molecule is C[C@H]1C[C@@H]([C@H](C)N=O)CN(C(=O)CSC(C)(C)C)C1. The number of rotatable bonds is 4. The Hall–Kier alpha value is -0.580. The predicted molar refractivity (Wildman–Crippen MR) is 81.3 cm³/mol. The highest BCUT2D eigenvalue weighted by Crippen LogP contribution is 2.28. The lowest BCUT2D eigenvalue weighted by Crippen LogP contribution is -2.46. The van der Waals surface area contributed by atoms with Crippen molar-refractivity contribution in [2.75, 3.05) is 18.8 Å². The maximum atomic E-state index is 12.2. The summed E-state index contributed by atoms with van der Waals surface area (Å²) in [4.78, 5) is 24.8. The second-order valence-corrected chi connectivity index (χ2v) is 8.45. The van der Waals surface area contributed by atoms with E-state index in [0.717, 1.165) is 13.0 Å². The molecule has 0 N–H and O–H groups in total. The minimum absolute atomic E-state index is 0.105. The Morgan fingerprint density at radius 3 is 2.58 bits per heavy atom. The number of amides is 1. The van der Waals surface area contributed by atoms with E-state index in [4.69, 9.17) is 0 Å². The van der Waals surface area contributed by atoms with Crippen LogP contribution in [0.4, 0.5) is 0 Å². The van der Waals surface area contributed by atoms with Crippen molar-refractivity contribution in [3.63, 3.8) is 0 Å². The largest absolute Gasteiger partial charge is 0.341 e. The van der Waals surface area contributed by atoms with Crippen molar-refractivity contribution in [2.45, 2.75) is 51.8 Å². The summed E-state index contributed by atoms with van der Waals surface area (Å²) in [5.41, 5.74) is 0. The number of carbonyl (C=O) groups excluding carboxylic acids is 1. The van der Waals surface area contributed by atoms with Crippen LogP contribution in [-0.4, -0.2) is 40.4 Å². The molecule has 1 amide bonds. The summed E-state index contributed by atoms with van der Waals surface area (Å²) in [5.74, 6) is 1.37. The Morgan fingerprint density at radius 1 is 1.42 bits per heavy atom. The van der Waals surface area contributed by atoms with Crippen molar-refractivity contribution in [2.24, 2.45) is 17.0 Å². The van der Waals surface area contributed by atoms with Gasteiger partial charge < -0.3 is 4.90 Å². The van der Waals surface area contributed by atoms with Crippen LogP contribution >= 0.6 is 11.8 Å². The Labute approximate surface area is 120 Å². The van der Waals surface area contributed by atoms with E-state index in [1.807, 2.05) is 11.8 Å². The van der Waals surface area contributed by atoms with E-state index in [0.29, 0.717) is 18.2 Å². The first-order valence-electron chi connectivity index (χ1n) is 6.97. The molecule has 1 rings (SSSR count). The van der Waals surface area contributed by atoms with Gasteiger partial charge >= 0.3 is 0 Å². The molecule has 0 aromatic carbocycles. The van der Waals surface area contributed by atoms with E-state index in [-0.39, 0.29) is 22.6 Å². The van der Waals surface area contributed by atoms with Gasteiger partial charge in [-0.3, -0.25) is 4.79 Å². The summed E-state index contributed by atoms with van der Waals surface area (Å²) in [6.45, 7) is 11.8. The smallest absolute Gasteiger partial charge is 0.232 e. The molecule has 4 nitrogen and oxygen atoms in total. The van der Waals surface area contributed by atoms with Gasteiger partial charge in [-0.25, -0.2) is 0 Å². The maximum Gasteiger partial charge on any atom is 0.232 e. The summed E-state index contributed by atoms with van der Waals surface area (Å²) in [7, 11) is 0. The molecule has 1 aliphatic rings. The molecule has 1 saturated heterocycles. The average molecular weight is 286 g/mol. The summed E-state index contributed by atoms with van der Waals surface area (Å²) >= 11 is 1.68. The highest BCUT2D eigenvalue weighted by atomic mass is 32.2. The standard InChI is InChI=1S/C14H26N2O2S/c1-10-6-12(11(2)15-18)8-16(7-10)13(17)9-19-14(3,4)5/h10-12H,6-9H2,1-5H3/t10-,11-,12+/m0/s1. The van der Waals surface area contributed by atoms with Gasteiger partial charge in [-0.1, -0.05) is 32.9 Å². The molecular weight excluding hydrogens is 260 g/mol. The van der Waals surface area contributed by atoms with Crippen molar-refractivity contribution in [1.29, 1.82) is 0 Å². The molecule has 5 heteroatoms. The molecule has 0 unspecified atom stereocenters. The van der Waals surface area contributed by atoms with Crippen LogP contribution in [0, 0.1) is 16.7 Å². The maximum absolute atomic E-state index is 12.2. The van der Waals surface area contributed by atoms with Gasteiger partial charge in [0.15, 0.2) is 0 Å². The van der Waals surface area contributed by atoms with Crippen LogP contribution in [-0.2, 0) is 4.79 Å². The molecule has 0 aliphatic carbocycles. The first kappa shape index (κ1) is 16.5. The Bertz CT molecular complexity index is 328. The topological polar surface area (TPSA) is 49.7 Å². The monoisotopic (exact) mass is 286 g/mol. The third-order valence-corrected chi connectivity index (χ3v) is 4.78. The molecule has 0 spiro atoms. The van der Waals surface area contributed by atoms with Gasteiger partial charge in [-0.05, 0) is 19.3 Å². The van der Waals surface area contributed by atoms with Gasteiger partial charge in [0.2, 0.25) is 5.91 Å². The molecule has 1 heterocycles. The number of hydrogen-bond donors (Lipinski definition) is 0. The van der Waals surface area contributed by atoms with Crippen LogP contribution in [0.25, 0.3) is 0 Å². The van der Waals surface area contributed by atoms with Gasteiger partial charge in [0.05, 0.1) is 11.8 Å². The Morgan fingerprint density at radius 2 is 2.05 bits per heavy atom. The van der Waals surface area contributed by atoms with E-state index >= 15 is 0 Å². The first-order chi connectivity index (χ1) is 8.73. The number of piperidine rings is 1. The quantitative estimate of drug-likeness (QED) is 0.746. The summed E-state index contributed by atoms with van der Waals surface area (Å²) in [6.07, 6.45) is 0.989. The molecule has 19 heavy (non-hydrogen) atoms. The summed E-state index contributed by atoms with van der Waals surface area (Å²) in [6, 6.07) is -0.201. The van der Waals surface area contributed by atoms with Crippen molar-refractivity contribution in [1.82, 2.24) is 4.90 Å². The van der Waals surface area contributed by atoms with Gasteiger partial charge in [-0.15, -0.1) is 11.8 Å². The fourth-order valence-electron chi connectivity index (χ4n) is 2.41. The van der Waals surface area contributed by atoms with E-state index in [1.54, 1.807) is 11.8 Å². The third kappa shape index (κ3) is 5.51. The highest BCUT2D eigenvalue weighted by molar-refractivity contribution is 8.01. The lowest BCUT2D eigenvalue weighted by molar-refractivity contribution is -0.131. The van der Waals surface area contributed by atoms with Crippen LogP contribution in [0.5, 0.6) is 0 Å². The number of nitroso groups, excluding NO2 is 1.